The molecule has 0 aromatic heterocycles. The fraction of sp³-hybridized carbons (Fsp3) is 0.652. The van der Waals surface area contributed by atoms with Crippen LogP contribution in [0, 0.1) is 37.0 Å². The van der Waals surface area contributed by atoms with Crippen LogP contribution in [0.25, 0.3) is 0 Å². The molecule has 4 bridgehead atoms. The zero-order valence-corrected chi connectivity index (χ0v) is 16.6. The van der Waals surface area contributed by atoms with Crippen molar-refractivity contribution in [2.75, 3.05) is 11.9 Å². The predicted molar refractivity (Wildman–Crippen MR) is 107 cm³/mol. The zero-order chi connectivity index (χ0) is 19.0. The highest BCUT2D eigenvalue weighted by Gasteiger charge is 2.54. The average Bonchev–Trinajstić information content (AvgIpc) is 2.61. The number of hydrogen-bond donors (Lipinski definition) is 2. The summed E-state index contributed by atoms with van der Waals surface area (Å²) >= 11 is 0. The number of benzene rings is 1. The molecule has 4 fully saturated rings. The lowest BCUT2D eigenvalue weighted by Gasteiger charge is -2.55. The molecule has 0 aliphatic heterocycles. The van der Waals surface area contributed by atoms with E-state index in [4.69, 9.17) is 0 Å². The lowest BCUT2D eigenvalue weighted by Crippen LogP contribution is -2.53. The van der Waals surface area contributed by atoms with E-state index in [0.717, 1.165) is 48.3 Å². The molecule has 4 saturated carbocycles. The van der Waals surface area contributed by atoms with Crippen LogP contribution in [0.3, 0.4) is 0 Å². The van der Waals surface area contributed by atoms with Gasteiger partial charge in [-0.05, 0) is 93.7 Å². The molecule has 4 nitrogen and oxygen atoms in total. The molecular formula is C23H32N2O2. The van der Waals surface area contributed by atoms with E-state index in [2.05, 4.69) is 10.6 Å². The summed E-state index contributed by atoms with van der Waals surface area (Å²) in [6, 6.07) is 5.95. The molecule has 1 aromatic rings. The van der Waals surface area contributed by atoms with Crippen LogP contribution >= 0.6 is 0 Å². The monoisotopic (exact) mass is 368 g/mol. The van der Waals surface area contributed by atoms with Crippen LogP contribution in [0.1, 0.15) is 62.5 Å². The summed E-state index contributed by atoms with van der Waals surface area (Å²) in [4.78, 5) is 25.1. The SMILES string of the molecule is Cc1cccc(NC(=O)CCCNC(=O)C23CC4CC(CC(C4)C2)C3)c1C. The fourth-order valence-corrected chi connectivity index (χ4v) is 6.13. The number of nitrogens with one attached hydrogen (secondary N) is 2. The van der Waals surface area contributed by atoms with Gasteiger partial charge < -0.3 is 10.6 Å². The third-order valence-electron chi connectivity index (χ3n) is 7.26. The first-order valence-electron chi connectivity index (χ1n) is 10.6. The maximum atomic E-state index is 12.9. The molecule has 4 aliphatic rings. The van der Waals surface area contributed by atoms with Gasteiger partial charge in [-0.3, -0.25) is 9.59 Å². The van der Waals surface area contributed by atoms with Crippen molar-refractivity contribution in [3.05, 3.63) is 29.3 Å². The van der Waals surface area contributed by atoms with Gasteiger partial charge >= 0.3 is 0 Å². The molecule has 27 heavy (non-hydrogen) atoms. The van der Waals surface area contributed by atoms with Crippen LogP contribution in [-0.4, -0.2) is 18.4 Å². The number of anilines is 1. The molecule has 4 heteroatoms. The van der Waals surface area contributed by atoms with E-state index in [-0.39, 0.29) is 17.2 Å². The summed E-state index contributed by atoms with van der Waals surface area (Å²) in [5.41, 5.74) is 3.09. The van der Waals surface area contributed by atoms with Crippen LogP contribution < -0.4 is 10.6 Å². The molecule has 146 valence electrons. The third kappa shape index (κ3) is 3.76. The summed E-state index contributed by atoms with van der Waals surface area (Å²) in [5, 5.41) is 6.16. The van der Waals surface area contributed by atoms with E-state index in [1.165, 1.54) is 24.8 Å². The predicted octanol–water partition coefficient (Wildman–Crippen LogP) is 4.35. The van der Waals surface area contributed by atoms with Gasteiger partial charge in [0.1, 0.15) is 0 Å². The van der Waals surface area contributed by atoms with Crippen molar-refractivity contribution >= 4 is 17.5 Å². The first kappa shape index (κ1) is 18.5. The second kappa shape index (κ2) is 7.29. The molecule has 0 heterocycles. The van der Waals surface area contributed by atoms with Gasteiger partial charge in [-0.15, -0.1) is 0 Å². The Balaban J connectivity index is 1.23. The first-order chi connectivity index (χ1) is 12.9. The van der Waals surface area contributed by atoms with Crippen LogP contribution in [0.5, 0.6) is 0 Å². The Bertz CT molecular complexity index is 705. The lowest BCUT2D eigenvalue weighted by atomic mass is 9.49. The molecule has 0 spiro atoms. The Morgan fingerprint density at radius 2 is 1.67 bits per heavy atom. The van der Waals surface area contributed by atoms with E-state index < -0.39 is 0 Å². The first-order valence-corrected chi connectivity index (χ1v) is 10.6. The van der Waals surface area contributed by atoms with Crippen molar-refractivity contribution in [3.63, 3.8) is 0 Å². The Morgan fingerprint density at radius 1 is 1.04 bits per heavy atom. The lowest BCUT2D eigenvalue weighted by molar-refractivity contribution is -0.146. The minimum Gasteiger partial charge on any atom is -0.356 e. The number of carbonyl (C=O) groups is 2. The Kier molecular flexibility index (Phi) is 5.00. The van der Waals surface area contributed by atoms with Crippen molar-refractivity contribution in [3.8, 4) is 0 Å². The van der Waals surface area contributed by atoms with E-state index in [9.17, 15) is 9.59 Å². The summed E-state index contributed by atoms with van der Waals surface area (Å²) in [5.74, 6) is 2.63. The van der Waals surface area contributed by atoms with E-state index in [0.29, 0.717) is 19.4 Å². The molecule has 4 aliphatic carbocycles. The van der Waals surface area contributed by atoms with Crippen LogP contribution in [0.4, 0.5) is 5.69 Å². The summed E-state index contributed by atoms with van der Waals surface area (Å²) in [6.45, 7) is 4.67. The maximum Gasteiger partial charge on any atom is 0.226 e. The van der Waals surface area contributed by atoms with Gasteiger partial charge in [-0.2, -0.15) is 0 Å². The number of aryl methyl sites for hydroxylation is 1. The zero-order valence-electron chi connectivity index (χ0n) is 16.6. The van der Waals surface area contributed by atoms with E-state index in [1.54, 1.807) is 0 Å². The Labute approximate surface area is 162 Å². The van der Waals surface area contributed by atoms with Gasteiger partial charge in [0.15, 0.2) is 0 Å². The highest BCUT2D eigenvalue weighted by Crippen LogP contribution is 2.60. The fourth-order valence-electron chi connectivity index (χ4n) is 6.13. The highest BCUT2D eigenvalue weighted by molar-refractivity contribution is 5.91. The minimum atomic E-state index is -0.0876. The Hall–Kier alpha value is -1.84. The Morgan fingerprint density at radius 3 is 2.30 bits per heavy atom. The number of amides is 2. The van der Waals surface area contributed by atoms with E-state index >= 15 is 0 Å². The van der Waals surface area contributed by atoms with Crippen molar-refractivity contribution in [1.82, 2.24) is 5.32 Å². The maximum absolute atomic E-state index is 12.9. The molecule has 2 amide bonds. The van der Waals surface area contributed by atoms with Gasteiger partial charge in [0.05, 0.1) is 0 Å². The summed E-state index contributed by atoms with van der Waals surface area (Å²) in [7, 11) is 0. The normalized spacial score (nSPS) is 31.0. The average molecular weight is 369 g/mol. The quantitative estimate of drug-likeness (QED) is 0.733. The topological polar surface area (TPSA) is 58.2 Å². The third-order valence-corrected chi connectivity index (χ3v) is 7.26. The molecular weight excluding hydrogens is 336 g/mol. The van der Waals surface area contributed by atoms with Crippen molar-refractivity contribution in [2.45, 2.75) is 65.2 Å². The molecule has 0 radical (unpaired) electrons. The molecule has 1 aromatic carbocycles. The second-order valence-electron chi connectivity index (χ2n) is 9.35. The van der Waals surface area contributed by atoms with Gasteiger partial charge in [-0.25, -0.2) is 0 Å². The van der Waals surface area contributed by atoms with Gasteiger partial charge in [0.25, 0.3) is 0 Å². The second-order valence-corrected chi connectivity index (χ2v) is 9.35. The van der Waals surface area contributed by atoms with Crippen molar-refractivity contribution in [1.29, 1.82) is 0 Å². The van der Waals surface area contributed by atoms with E-state index in [1.807, 2.05) is 32.0 Å². The minimum absolute atomic E-state index is 0.0211. The van der Waals surface area contributed by atoms with Gasteiger partial charge in [-0.1, -0.05) is 12.1 Å². The molecule has 0 unspecified atom stereocenters. The highest BCUT2D eigenvalue weighted by atomic mass is 16.2. The standard InChI is InChI=1S/C23H32N2O2/c1-15-5-3-6-20(16(15)2)25-21(26)7-4-8-24-22(27)23-12-17-9-18(13-23)11-19(10-17)14-23/h3,5-6,17-19H,4,7-14H2,1-2H3,(H,24,27)(H,25,26). The van der Waals surface area contributed by atoms with Crippen LogP contribution in [0.2, 0.25) is 0 Å². The summed E-state index contributed by atoms with van der Waals surface area (Å²) < 4.78 is 0. The number of rotatable bonds is 6. The smallest absolute Gasteiger partial charge is 0.226 e. The van der Waals surface area contributed by atoms with Crippen LogP contribution in [-0.2, 0) is 9.59 Å². The summed E-state index contributed by atoms with van der Waals surface area (Å²) in [6.07, 6.45) is 8.47. The largest absolute Gasteiger partial charge is 0.356 e. The van der Waals surface area contributed by atoms with Crippen molar-refractivity contribution < 1.29 is 9.59 Å². The molecule has 0 saturated heterocycles. The number of hydrogen-bond acceptors (Lipinski definition) is 2. The number of carbonyl (C=O) groups excluding carboxylic acids is 2. The molecule has 5 rings (SSSR count). The molecule has 0 atom stereocenters. The van der Waals surface area contributed by atoms with Gasteiger partial charge in [0.2, 0.25) is 11.8 Å². The van der Waals surface area contributed by atoms with Gasteiger partial charge in [0, 0.05) is 24.1 Å². The van der Waals surface area contributed by atoms with Crippen LogP contribution in [0.15, 0.2) is 18.2 Å². The van der Waals surface area contributed by atoms with Crippen molar-refractivity contribution in [2.24, 2.45) is 23.2 Å². The molecule has 2 N–H and O–H groups in total.